The fraction of sp³-hybridized carbons (Fsp3) is 0.462. The topological polar surface area (TPSA) is 41.6 Å². The van der Waals surface area contributed by atoms with Gasteiger partial charge in [-0.2, -0.15) is 13.2 Å². The zero-order valence-corrected chi connectivity index (χ0v) is 10.7. The SMILES string of the molecule is O=C(COCC(F)(F)F)N1CCNCc2ccccc21. The summed E-state index contributed by atoms with van der Waals surface area (Å²) < 4.78 is 40.4. The first-order chi connectivity index (χ1) is 9.47. The zero-order valence-electron chi connectivity index (χ0n) is 10.7. The van der Waals surface area contributed by atoms with Gasteiger partial charge in [0, 0.05) is 25.3 Å². The standard InChI is InChI=1S/C13H15F3N2O2/c14-13(15,16)9-20-8-12(19)18-6-5-17-7-10-3-1-2-4-11(10)18/h1-4,17H,5-9H2. The minimum atomic E-state index is -4.42. The van der Waals surface area contributed by atoms with Crippen LogP contribution >= 0.6 is 0 Å². The smallest absolute Gasteiger partial charge is 0.362 e. The van der Waals surface area contributed by atoms with Gasteiger partial charge in [0.1, 0.15) is 13.2 Å². The largest absolute Gasteiger partial charge is 0.411 e. The molecular weight excluding hydrogens is 273 g/mol. The van der Waals surface area contributed by atoms with Crippen LogP contribution in [0.25, 0.3) is 0 Å². The molecule has 1 heterocycles. The van der Waals surface area contributed by atoms with Crippen molar-refractivity contribution in [3.05, 3.63) is 29.8 Å². The minimum absolute atomic E-state index is 0.408. The highest BCUT2D eigenvalue weighted by Gasteiger charge is 2.28. The summed E-state index contributed by atoms with van der Waals surface area (Å²) in [6, 6.07) is 7.31. The van der Waals surface area contributed by atoms with E-state index < -0.39 is 25.3 Å². The highest BCUT2D eigenvalue weighted by atomic mass is 19.4. The molecule has 0 spiro atoms. The number of hydrogen-bond donors (Lipinski definition) is 1. The van der Waals surface area contributed by atoms with Crippen molar-refractivity contribution in [2.45, 2.75) is 12.7 Å². The molecule has 1 amide bonds. The van der Waals surface area contributed by atoms with Gasteiger partial charge in [0.05, 0.1) is 0 Å². The molecule has 0 bridgehead atoms. The summed E-state index contributed by atoms with van der Waals surface area (Å²) >= 11 is 0. The Labute approximate surface area is 114 Å². The van der Waals surface area contributed by atoms with Gasteiger partial charge in [0.15, 0.2) is 0 Å². The highest BCUT2D eigenvalue weighted by molar-refractivity contribution is 5.95. The van der Waals surface area contributed by atoms with Gasteiger partial charge >= 0.3 is 6.18 Å². The molecule has 2 rings (SSSR count). The van der Waals surface area contributed by atoms with Gasteiger partial charge < -0.3 is 15.0 Å². The number of halogens is 3. The Morgan fingerprint density at radius 2 is 2.10 bits per heavy atom. The molecular formula is C13H15F3N2O2. The van der Waals surface area contributed by atoms with Gasteiger partial charge in [-0.3, -0.25) is 4.79 Å². The molecule has 0 aliphatic carbocycles. The van der Waals surface area contributed by atoms with E-state index in [-0.39, 0.29) is 0 Å². The first kappa shape index (κ1) is 14.8. The predicted octanol–water partition coefficient (Wildman–Crippen LogP) is 1.70. The zero-order chi connectivity index (χ0) is 14.6. The lowest BCUT2D eigenvalue weighted by molar-refractivity contribution is -0.175. The normalized spacial score (nSPS) is 15.7. The fourth-order valence-electron chi connectivity index (χ4n) is 2.05. The summed E-state index contributed by atoms with van der Waals surface area (Å²) in [5, 5.41) is 3.15. The molecule has 0 unspecified atom stereocenters. The van der Waals surface area contributed by atoms with Gasteiger partial charge in [-0.05, 0) is 11.6 Å². The highest BCUT2D eigenvalue weighted by Crippen LogP contribution is 2.22. The van der Waals surface area contributed by atoms with Crippen molar-refractivity contribution in [3.63, 3.8) is 0 Å². The van der Waals surface area contributed by atoms with Crippen LogP contribution in [-0.2, 0) is 16.1 Å². The van der Waals surface area contributed by atoms with E-state index in [4.69, 9.17) is 0 Å². The van der Waals surface area contributed by atoms with Crippen LogP contribution in [0.2, 0.25) is 0 Å². The minimum Gasteiger partial charge on any atom is -0.362 e. The molecule has 1 N–H and O–H groups in total. The second-order valence-corrected chi connectivity index (χ2v) is 4.46. The van der Waals surface area contributed by atoms with Crippen molar-refractivity contribution in [1.82, 2.24) is 5.32 Å². The summed E-state index contributed by atoms with van der Waals surface area (Å²) in [6.45, 7) is -0.366. The maximum Gasteiger partial charge on any atom is 0.411 e. The Balaban J connectivity index is 2.02. The molecule has 4 nitrogen and oxygen atoms in total. The fourth-order valence-corrected chi connectivity index (χ4v) is 2.05. The molecule has 1 aliphatic heterocycles. The van der Waals surface area contributed by atoms with Crippen LogP contribution in [0.5, 0.6) is 0 Å². The number of carbonyl (C=O) groups is 1. The third-order valence-corrected chi connectivity index (χ3v) is 2.90. The molecule has 0 saturated heterocycles. The number of amides is 1. The van der Waals surface area contributed by atoms with Gasteiger partial charge in [-0.25, -0.2) is 0 Å². The average Bonchev–Trinajstić information content (AvgIpc) is 2.59. The lowest BCUT2D eigenvalue weighted by atomic mass is 10.1. The molecule has 0 atom stereocenters. The third-order valence-electron chi connectivity index (χ3n) is 2.90. The van der Waals surface area contributed by atoms with E-state index in [0.29, 0.717) is 19.6 Å². The third kappa shape index (κ3) is 3.94. The van der Waals surface area contributed by atoms with E-state index in [1.807, 2.05) is 12.1 Å². The lowest BCUT2D eigenvalue weighted by Gasteiger charge is -2.22. The summed E-state index contributed by atoms with van der Waals surface area (Å²) in [7, 11) is 0. The van der Waals surface area contributed by atoms with E-state index in [9.17, 15) is 18.0 Å². The van der Waals surface area contributed by atoms with Crippen LogP contribution < -0.4 is 10.2 Å². The Bertz CT molecular complexity index is 477. The number of benzene rings is 1. The van der Waals surface area contributed by atoms with Gasteiger partial charge in [-0.15, -0.1) is 0 Å². The van der Waals surface area contributed by atoms with Crippen LogP contribution in [0.3, 0.4) is 0 Å². The maximum absolute atomic E-state index is 12.0. The number of carbonyl (C=O) groups excluding carboxylic acids is 1. The Morgan fingerprint density at radius 1 is 1.35 bits per heavy atom. The van der Waals surface area contributed by atoms with Crippen LogP contribution in [-0.4, -0.2) is 38.4 Å². The van der Waals surface area contributed by atoms with Crippen LogP contribution in [0.15, 0.2) is 24.3 Å². The Kier molecular flexibility index (Phi) is 4.61. The van der Waals surface area contributed by atoms with Gasteiger partial charge in [0.2, 0.25) is 0 Å². The monoisotopic (exact) mass is 288 g/mol. The Morgan fingerprint density at radius 3 is 2.85 bits per heavy atom. The summed E-state index contributed by atoms with van der Waals surface area (Å²) in [5.74, 6) is -0.467. The van der Waals surface area contributed by atoms with Gasteiger partial charge in [0.25, 0.3) is 5.91 Å². The lowest BCUT2D eigenvalue weighted by Crippen LogP contribution is -2.38. The van der Waals surface area contributed by atoms with E-state index in [0.717, 1.165) is 11.3 Å². The molecule has 20 heavy (non-hydrogen) atoms. The average molecular weight is 288 g/mol. The molecule has 0 saturated carbocycles. The van der Waals surface area contributed by atoms with E-state index >= 15 is 0 Å². The van der Waals surface area contributed by atoms with E-state index in [1.165, 1.54) is 4.90 Å². The summed E-state index contributed by atoms with van der Waals surface area (Å²) in [4.78, 5) is 13.5. The molecule has 110 valence electrons. The van der Waals surface area contributed by atoms with E-state index in [1.54, 1.807) is 12.1 Å². The number of para-hydroxylation sites is 1. The Hall–Kier alpha value is -1.60. The number of fused-ring (bicyclic) bond motifs is 1. The number of nitrogens with one attached hydrogen (secondary N) is 1. The number of rotatable bonds is 3. The maximum atomic E-state index is 12.0. The van der Waals surface area contributed by atoms with Crippen molar-refractivity contribution in [2.24, 2.45) is 0 Å². The molecule has 7 heteroatoms. The van der Waals surface area contributed by atoms with Crippen molar-refractivity contribution < 1.29 is 22.7 Å². The van der Waals surface area contributed by atoms with Crippen molar-refractivity contribution in [3.8, 4) is 0 Å². The van der Waals surface area contributed by atoms with Crippen LogP contribution in [0, 0.1) is 0 Å². The molecule has 0 fully saturated rings. The summed E-state index contributed by atoms with van der Waals surface area (Å²) in [6.07, 6.45) is -4.42. The summed E-state index contributed by atoms with van der Waals surface area (Å²) in [5.41, 5.74) is 1.66. The number of nitrogens with zero attached hydrogens (tertiary/aromatic N) is 1. The van der Waals surface area contributed by atoms with Crippen LogP contribution in [0.4, 0.5) is 18.9 Å². The van der Waals surface area contributed by atoms with Crippen LogP contribution in [0.1, 0.15) is 5.56 Å². The molecule has 1 aromatic carbocycles. The number of ether oxygens (including phenoxy) is 1. The first-order valence-electron chi connectivity index (χ1n) is 6.21. The second kappa shape index (κ2) is 6.23. The first-order valence-corrected chi connectivity index (χ1v) is 6.21. The molecule has 1 aliphatic rings. The second-order valence-electron chi connectivity index (χ2n) is 4.46. The van der Waals surface area contributed by atoms with Crippen molar-refractivity contribution >= 4 is 11.6 Å². The molecule has 1 aromatic rings. The van der Waals surface area contributed by atoms with E-state index in [2.05, 4.69) is 10.1 Å². The number of anilines is 1. The predicted molar refractivity (Wildman–Crippen MR) is 67.4 cm³/mol. The quantitative estimate of drug-likeness (QED) is 0.920. The molecule has 0 radical (unpaired) electrons. The number of hydrogen-bond acceptors (Lipinski definition) is 3. The van der Waals surface area contributed by atoms with Crippen molar-refractivity contribution in [2.75, 3.05) is 31.2 Å². The van der Waals surface area contributed by atoms with Gasteiger partial charge in [-0.1, -0.05) is 18.2 Å². The van der Waals surface area contributed by atoms with Crippen molar-refractivity contribution in [1.29, 1.82) is 0 Å². The number of alkyl halides is 3. The molecule has 0 aromatic heterocycles.